The normalized spacial score (nSPS) is 10.2. The van der Waals surface area contributed by atoms with Crippen molar-refractivity contribution < 1.29 is 4.74 Å². The van der Waals surface area contributed by atoms with Gasteiger partial charge in [0.25, 0.3) is 0 Å². The standard InChI is InChI=1S/C13H14BrN3O/c1-9-12(16-8-17-13(9)18-2)15-7-10-4-3-5-11(14)6-10/h3-6,8H,7H2,1-2H3,(H,15,16,17). The summed E-state index contributed by atoms with van der Waals surface area (Å²) in [6.45, 7) is 2.64. The zero-order valence-corrected chi connectivity index (χ0v) is 11.9. The molecule has 0 aliphatic heterocycles. The van der Waals surface area contributed by atoms with E-state index in [-0.39, 0.29) is 0 Å². The summed E-state index contributed by atoms with van der Waals surface area (Å²) in [7, 11) is 1.60. The van der Waals surface area contributed by atoms with E-state index in [9.17, 15) is 0 Å². The topological polar surface area (TPSA) is 47.0 Å². The third-order valence-corrected chi connectivity index (χ3v) is 3.07. The van der Waals surface area contributed by atoms with Crippen LogP contribution in [0.5, 0.6) is 5.88 Å². The summed E-state index contributed by atoms with van der Waals surface area (Å²) in [5, 5.41) is 3.28. The number of methoxy groups -OCH3 is 1. The van der Waals surface area contributed by atoms with E-state index in [0.29, 0.717) is 12.4 Å². The molecule has 0 radical (unpaired) electrons. The first-order valence-corrected chi connectivity index (χ1v) is 6.34. The highest BCUT2D eigenvalue weighted by Crippen LogP contribution is 2.20. The maximum atomic E-state index is 5.16. The molecule has 1 heterocycles. The fourth-order valence-electron chi connectivity index (χ4n) is 1.65. The average molecular weight is 308 g/mol. The first kappa shape index (κ1) is 12.8. The summed E-state index contributed by atoms with van der Waals surface area (Å²) < 4.78 is 6.23. The number of hydrogen-bond donors (Lipinski definition) is 1. The Labute approximate surface area is 115 Å². The minimum absolute atomic E-state index is 0.599. The van der Waals surface area contributed by atoms with Crippen LogP contribution in [0.3, 0.4) is 0 Å². The van der Waals surface area contributed by atoms with E-state index in [1.165, 1.54) is 11.9 Å². The third kappa shape index (κ3) is 2.98. The lowest BCUT2D eigenvalue weighted by Crippen LogP contribution is -2.05. The molecule has 94 valence electrons. The summed E-state index contributed by atoms with van der Waals surface area (Å²) in [5.74, 6) is 1.39. The molecule has 0 spiro atoms. The lowest BCUT2D eigenvalue weighted by atomic mass is 10.2. The number of hydrogen-bond acceptors (Lipinski definition) is 4. The van der Waals surface area contributed by atoms with Gasteiger partial charge in [0, 0.05) is 11.0 Å². The molecule has 0 saturated heterocycles. The minimum atomic E-state index is 0.599. The van der Waals surface area contributed by atoms with Crippen LogP contribution in [0.1, 0.15) is 11.1 Å². The van der Waals surface area contributed by atoms with E-state index in [1.54, 1.807) is 7.11 Å². The van der Waals surface area contributed by atoms with Gasteiger partial charge < -0.3 is 10.1 Å². The molecule has 2 aromatic rings. The second-order valence-electron chi connectivity index (χ2n) is 3.84. The first-order valence-electron chi connectivity index (χ1n) is 5.54. The van der Waals surface area contributed by atoms with Crippen LogP contribution < -0.4 is 10.1 Å². The van der Waals surface area contributed by atoms with Gasteiger partial charge in [-0.1, -0.05) is 28.1 Å². The van der Waals surface area contributed by atoms with Crippen molar-refractivity contribution in [2.45, 2.75) is 13.5 Å². The van der Waals surface area contributed by atoms with Gasteiger partial charge in [-0.25, -0.2) is 9.97 Å². The Hall–Kier alpha value is -1.62. The molecule has 0 fully saturated rings. The number of halogens is 1. The van der Waals surface area contributed by atoms with E-state index in [0.717, 1.165) is 15.9 Å². The van der Waals surface area contributed by atoms with Gasteiger partial charge >= 0.3 is 0 Å². The van der Waals surface area contributed by atoms with E-state index in [4.69, 9.17) is 4.74 Å². The summed E-state index contributed by atoms with van der Waals surface area (Å²) in [5.41, 5.74) is 2.09. The van der Waals surface area contributed by atoms with Crippen molar-refractivity contribution in [3.05, 3.63) is 46.2 Å². The molecule has 0 amide bonds. The Morgan fingerprint density at radius 2 is 2.17 bits per heavy atom. The molecule has 1 aromatic carbocycles. The molecule has 0 unspecified atom stereocenters. The molecule has 18 heavy (non-hydrogen) atoms. The maximum absolute atomic E-state index is 5.16. The first-order chi connectivity index (χ1) is 8.70. The Bertz CT molecular complexity index is 546. The Balaban J connectivity index is 2.11. The number of anilines is 1. The van der Waals surface area contributed by atoms with Gasteiger partial charge in [-0.3, -0.25) is 0 Å². The van der Waals surface area contributed by atoms with Crippen LogP contribution in [0, 0.1) is 6.92 Å². The number of benzene rings is 1. The highest BCUT2D eigenvalue weighted by atomic mass is 79.9. The van der Waals surface area contributed by atoms with Gasteiger partial charge in [-0.15, -0.1) is 0 Å². The molecule has 1 N–H and O–H groups in total. The fraction of sp³-hybridized carbons (Fsp3) is 0.231. The zero-order valence-electron chi connectivity index (χ0n) is 10.3. The van der Waals surface area contributed by atoms with Crippen LogP contribution >= 0.6 is 15.9 Å². The average Bonchev–Trinajstić information content (AvgIpc) is 2.38. The summed E-state index contributed by atoms with van der Waals surface area (Å²) >= 11 is 3.45. The van der Waals surface area contributed by atoms with Crippen LogP contribution in [0.15, 0.2) is 35.1 Å². The highest BCUT2D eigenvalue weighted by molar-refractivity contribution is 9.10. The third-order valence-electron chi connectivity index (χ3n) is 2.58. The highest BCUT2D eigenvalue weighted by Gasteiger charge is 2.06. The maximum Gasteiger partial charge on any atom is 0.221 e. The van der Waals surface area contributed by atoms with Crippen LogP contribution in [0.25, 0.3) is 0 Å². The van der Waals surface area contributed by atoms with Crippen molar-refractivity contribution in [3.8, 4) is 5.88 Å². The predicted molar refractivity (Wildman–Crippen MR) is 74.8 cm³/mol. The van der Waals surface area contributed by atoms with Crippen molar-refractivity contribution in [1.82, 2.24) is 9.97 Å². The van der Waals surface area contributed by atoms with Gasteiger partial charge in [0.2, 0.25) is 5.88 Å². The molecule has 2 rings (SSSR count). The SMILES string of the molecule is COc1ncnc(NCc2cccc(Br)c2)c1C. The molecule has 0 saturated carbocycles. The number of rotatable bonds is 4. The van der Waals surface area contributed by atoms with Crippen molar-refractivity contribution >= 4 is 21.7 Å². The monoisotopic (exact) mass is 307 g/mol. The summed E-state index contributed by atoms with van der Waals surface area (Å²) in [6.07, 6.45) is 1.50. The number of nitrogens with one attached hydrogen (secondary N) is 1. The van der Waals surface area contributed by atoms with Gasteiger partial charge in [0.05, 0.1) is 12.7 Å². The van der Waals surface area contributed by atoms with E-state index >= 15 is 0 Å². The fourth-order valence-corrected chi connectivity index (χ4v) is 2.10. The molecule has 0 bridgehead atoms. The molecular formula is C13H14BrN3O. The van der Waals surface area contributed by atoms with Gasteiger partial charge in [0.15, 0.2) is 0 Å². The molecule has 4 nitrogen and oxygen atoms in total. The molecule has 0 aliphatic carbocycles. The van der Waals surface area contributed by atoms with Crippen molar-refractivity contribution in [2.24, 2.45) is 0 Å². The van der Waals surface area contributed by atoms with E-state index in [1.807, 2.05) is 19.1 Å². The molecule has 0 atom stereocenters. The van der Waals surface area contributed by atoms with Gasteiger partial charge in [-0.05, 0) is 24.6 Å². The molecule has 1 aromatic heterocycles. The van der Waals surface area contributed by atoms with Crippen LogP contribution in [-0.2, 0) is 6.54 Å². The molecular weight excluding hydrogens is 294 g/mol. The Morgan fingerprint density at radius 3 is 2.89 bits per heavy atom. The lowest BCUT2D eigenvalue weighted by molar-refractivity contribution is 0.393. The Kier molecular flexibility index (Phi) is 4.15. The number of nitrogens with zero attached hydrogens (tertiary/aromatic N) is 2. The lowest BCUT2D eigenvalue weighted by Gasteiger charge is -2.10. The predicted octanol–water partition coefficient (Wildman–Crippen LogP) is 3.17. The van der Waals surface area contributed by atoms with Crippen LogP contribution in [0.4, 0.5) is 5.82 Å². The molecule has 5 heteroatoms. The molecule has 0 aliphatic rings. The van der Waals surface area contributed by atoms with Crippen molar-refractivity contribution in [2.75, 3.05) is 12.4 Å². The summed E-state index contributed by atoms with van der Waals surface area (Å²) in [6, 6.07) is 8.14. The largest absolute Gasteiger partial charge is 0.481 e. The van der Waals surface area contributed by atoms with Crippen LogP contribution in [-0.4, -0.2) is 17.1 Å². The second-order valence-corrected chi connectivity index (χ2v) is 4.76. The minimum Gasteiger partial charge on any atom is -0.481 e. The number of ether oxygens (including phenoxy) is 1. The zero-order chi connectivity index (χ0) is 13.0. The number of aromatic nitrogens is 2. The van der Waals surface area contributed by atoms with E-state index in [2.05, 4.69) is 43.3 Å². The van der Waals surface area contributed by atoms with Gasteiger partial charge in [0.1, 0.15) is 12.1 Å². The summed E-state index contributed by atoms with van der Waals surface area (Å²) in [4.78, 5) is 8.26. The smallest absolute Gasteiger partial charge is 0.221 e. The second kappa shape index (κ2) is 5.82. The van der Waals surface area contributed by atoms with Crippen LogP contribution in [0.2, 0.25) is 0 Å². The van der Waals surface area contributed by atoms with E-state index < -0.39 is 0 Å². The quantitative estimate of drug-likeness (QED) is 0.942. The Morgan fingerprint density at radius 1 is 1.33 bits per heavy atom. The van der Waals surface area contributed by atoms with Gasteiger partial charge in [-0.2, -0.15) is 0 Å². The van der Waals surface area contributed by atoms with Crippen molar-refractivity contribution in [3.63, 3.8) is 0 Å². The van der Waals surface area contributed by atoms with Crippen molar-refractivity contribution in [1.29, 1.82) is 0 Å².